The number of sulfonamides is 1. The van der Waals surface area contributed by atoms with Gasteiger partial charge in [0.25, 0.3) is 0 Å². The van der Waals surface area contributed by atoms with Crippen molar-refractivity contribution in [2.75, 3.05) is 12.0 Å². The van der Waals surface area contributed by atoms with Crippen molar-refractivity contribution in [3.8, 4) is 0 Å². The van der Waals surface area contributed by atoms with Gasteiger partial charge < -0.3 is 4.74 Å². The first kappa shape index (κ1) is 25.1. The average molecular weight is 464 g/mol. The molecule has 0 bridgehead atoms. The molecule has 0 aliphatic heterocycles. The first-order valence-electron chi connectivity index (χ1n) is 9.95. The van der Waals surface area contributed by atoms with E-state index in [0.717, 1.165) is 16.7 Å². The summed E-state index contributed by atoms with van der Waals surface area (Å²) in [7, 11) is -3.91. The van der Waals surface area contributed by atoms with Crippen molar-refractivity contribution >= 4 is 33.5 Å². The van der Waals surface area contributed by atoms with Gasteiger partial charge in [0.1, 0.15) is 6.04 Å². The van der Waals surface area contributed by atoms with E-state index in [1.807, 2.05) is 33.1 Å². The molecule has 2 unspecified atom stereocenters. The van der Waals surface area contributed by atoms with Gasteiger partial charge in [-0.3, -0.25) is 9.59 Å². The maximum Gasteiger partial charge on any atom is 0.324 e. The lowest BCUT2D eigenvalue weighted by molar-refractivity contribution is -0.148. The summed E-state index contributed by atoms with van der Waals surface area (Å²) < 4.78 is 33.2. The number of hydrogen-bond acceptors (Lipinski definition) is 6. The van der Waals surface area contributed by atoms with E-state index in [0.29, 0.717) is 11.3 Å². The SMILES string of the molecule is CSCCC(NS(=O)(=O)c1ccccc1)C(=O)OC(C)C(=O)c1cc(C)c(C)cc1C. The van der Waals surface area contributed by atoms with Gasteiger partial charge in [0.05, 0.1) is 4.90 Å². The molecule has 0 aromatic heterocycles. The first-order valence-corrected chi connectivity index (χ1v) is 12.8. The van der Waals surface area contributed by atoms with E-state index >= 15 is 0 Å². The van der Waals surface area contributed by atoms with Gasteiger partial charge in [-0.25, -0.2) is 8.42 Å². The molecule has 168 valence electrons. The molecule has 2 aromatic carbocycles. The largest absolute Gasteiger partial charge is 0.453 e. The van der Waals surface area contributed by atoms with E-state index in [1.165, 1.54) is 30.8 Å². The van der Waals surface area contributed by atoms with Crippen LogP contribution in [-0.2, 0) is 19.6 Å². The molecule has 0 fully saturated rings. The number of carbonyl (C=O) groups is 2. The lowest BCUT2D eigenvalue weighted by atomic mass is 9.96. The van der Waals surface area contributed by atoms with Crippen molar-refractivity contribution in [2.45, 2.75) is 51.2 Å². The zero-order chi connectivity index (χ0) is 23.2. The predicted octanol–water partition coefficient (Wildman–Crippen LogP) is 3.83. The number of rotatable bonds is 10. The molecule has 0 saturated heterocycles. The number of esters is 1. The van der Waals surface area contributed by atoms with Crippen LogP contribution in [0.15, 0.2) is 47.4 Å². The Balaban J connectivity index is 2.18. The second-order valence-electron chi connectivity index (χ2n) is 7.46. The van der Waals surface area contributed by atoms with Crippen molar-refractivity contribution in [1.82, 2.24) is 4.72 Å². The average Bonchev–Trinajstić information content (AvgIpc) is 2.73. The minimum absolute atomic E-state index is 0.0619. The maximum absolute atomic E-state index is 12.9. The highest BCUT2D eigenvalue weighted by atomic mass is 32.2. The standard InChI is InChI=1S/C23H29NO5S2/c1-15-13-17(3)20(14-16(15)2)22(25)18(4)29-23(26)21(11-12-30-5)24-31(27,28)19-9-7-6-8-10-19/h6-10,13-14,18,21,24H,11-12H2,1-5H3. The van der Waals surface area contributed by atoms with Crippen LogP contribution < -0.4 is 4.72 Å². The van der Waals surface area contributed by atoms with Crippen molar-refractivity contribution in [2.24, 2.45) is 0 Å². The Morgan fingerprint density at radius 3 is 2.26 bits per heavy atom. The van der Waals surface area contributed by atoms with E-state index in [-0.39, 0.29) is 17.1 Å². The Morgan fingerprint density at radius 2 is 1.65 bits per heavy atom. The quantitative estimate of drug-likeness (QED) is 0.426. The summed E-state index contributed by atoms with van der Waals surface area (Å²) in [6.07, 6.45) is 1.07. The van der Waals surface area contributed by atoms with Gasteiger partial charge in [-0.05, 0) is 81.0 Å². The van der Waals surface area contributed by atoms with Gasteiger partial charge in [-0.2, -0.15) is 16.5 Å². The Hall–Kier alpha value is -2.16. The third-order valence-electron chi connectivity index (χ3n) is 5.01. The molecular formula is C23H29NO5S2. The number of nitrogens with one attached hydrogen (secondary N) is 1. The van der Waals surface area contributed by atoms with Gasteiger partial charge in [-0.15, -0.1) is 0 Å². The molecule has 0 saturated carbocycles. The van der Waals surface area contributed by atoms with E-state index in [9.17, 15) is 18.0 Å². The topological polar surface area (TPSA) is 89.5 Å². The highest BCUT2D eigenvalue weighted by molar-refractivity contribution is 7.98. The molecule has 0 aliphatic rings. The number of hydrogen-bond donors (Lipinski definition) is 1. The van der Waals surface area contributed by atoms with Gasteiger partial charge in [-0.1, -0.05) is 24.3 Å². The van der Waals surface area contributed by atoms with Crippen molar-refractivity contribution < 1.29 is 22.7 Å². The summed E-state index contributed by atoms with van der Waals surface area (Å²) in [5.74, 6) is -0.533. The molecule has 2 rings (SSSR count). The zero-order valence-electron chi connectivity index (χ0n) is 18.5. The second kappa shape index (κ2) is 10.9. The summed E-state index contributed by atoms with van der Waals surface area (Å²) >= 11 is 1.49. The molecule has 1 N–H and O–H groups in total. The van der Waals surface area contributed by atoms with Gasteiger partial charge >= 0.3 is 5.97 Å². The smallest absolute Gasteiger partial charge is 0.324 e. The van der Waals surface area contributed by atoms with Gasteiger partial charge in [0, 0.05) is 5.56 Å². The van der Waals surface area contributed by atoms with E-state index in [2.05, 4.69) is 4.72 Å². The molecule has 8 heteroatoms. The van der Waals surface area contributed by atoms with Crippen LogP contribution in [-0.4, -0.2) is 44.3 Å². The van der Waals surface area contributed by atoms with Crippen molar-refractivity contribution in [3.05, 3.63) is 64.7 Å². The first-order chi connectivity index (χ1) is 14.6. The van der Waals surface area contributed by atoms with Gasteiger partial charge in [0.2, 0.25) is 15.8 Å². The Bertz CT molecular complexity index is 1040. The summed E-state index contributed by atoms with van der Waals surface area (Å²) in [6.45, 7) is 7.23. The highest BCUT2D eigenvalue weighted by Crippen LogP contribution is 2.19. The van der Waals surface area contributed by atoms with Gasteiger partial charge in [0.15, 0.2) is 6.10 Å². The van der Waals surface area contributed by atoms with Crippen LogP contribution in [0.1, 0.15) is 40.4 Å². The fourth-order valence-electron chi connectivity index (χ4n) is 3.07. The van der Waals surface area contributed by atoms with Crippen LogP contribution in [0.25, 0.3) is 0 Å². The van der Waals surface area contributed by atoms with Crippen LogP contribution in [0.3, 0.4) is 0 Å². The molecule has 0 aliphatic carbocycles. The summed E-state index contributed by atoms with van der Waals surface area (Å²) in [5, 5.41) is 0. The predicted molar refractivity (Wildman–Crippen MR) is 124 cm³/mol. The van der Waals surface area contributed by atoms with E-state index in [4.69, 9.17) is 4.74 Å². The summed E-state index contributed by atoms with van der Waals surface area (Å²) in [5.41, 5.74) is 3.35. The molecule has 2 aromatic rings. The summed E-state index contributed by atoms with van der Waals surface area (Å²) in [4.78, 5) is 25.7. The highest BCUT2D eigenvalue weighted by Gasteiger charge is 2.30. The third kappa shape index (κ3) is 6.66. The molecule has 0 spiro atoms. The van der Waals surface area contributed by atoms with Crippen molar-refractivity contribution in [3.63, 3.8) is 0 Å². The van der Waals surface area contributed by atoms with E-state index in [1.54, 1.807) is 24.3 Å². The zero-order valence-corrected chi connectivity index (χ0v) is 20.1. The molecule has 0 heterocycles. The molecule has 31 heavy (non-hydrogen) atoms. The van der Waals surface area contributed by atoms with Crippen LogP contribution in [0.2, 0.25) is 0 Å². The summed E-state index contributed by atoms with van der Waals surface area (Å²) in [6, 6.07) is 10.5. The van der Waals surface area contributed by atoms with Crippen molar-refractivity contribution in [1.29, 1.82) is 0 Å². The number of aryl methyl sites for hydroxylation is 3. The Labute approximate surface area is 188 Å². The second-order valence-corrected chi connectivity index (χ2v) is 10.2. The number of thioether (sulfide) groups is 1. The number of ether oxygens (including phenoxy) is 1. The maximum atomic E-state index is 12.9. The molecule has 0 radical (unpaired) electrons. The molecular weight excluding hydrogens is 434 g/mol. The number of Topliss-reactive ketones (excluding diaryl/α,β-unsaturated/α-hetero) is 1. The molecule has 2 atom stereocenters. The Kier molecular flexibility index (Phi) is 8.85. The monoisotopic (exact) mass is 463 g/mol. The van der Waals surface area contributed by atoms with Crippen LogP contribution in [0.4, 0.5) is 0 Å². The lowest BCUT2D eigenvalue weighted by Crippen LogP contribution is -2.44. The van der Waals surface area contributed by atoms with Crippen LogP contribution in [0, 0.1) is 20.8 Å². The number of carbonyl (C=O) groups excluding carboxylic acids is 2. The fraction of sp³-hybridized carbons (Fsp3) is 0.391. The normalized spacial score (nSPS) is 13.5. The van der Waals surface area contributed by atoms with Crippen LogP contribution in [0.5, 0.6) is 0 Å². The number of benzene rings is 2. The van der Waals surface area contributed by atoms with Crippen LogP contribution >= 0.6 is 11.8 Å². The minimum atomic E-state index is -3.91. The minimum Gasteiger partial charge on any atom is -0.453 e. The molecule has 0 amide bonds. The number of ketones is 1. The van der Waals surface area contributed by atoms with E-state index < -0.39 is 28.1 Å². The fourth-order valence-corrected chi connectivity index (χ4v) is 4.78. The third-order valence-corrected chi connectivity index (χ3v) is 7.15. The lowest BCUT2D eigenvalue weighted by Gasteiger charge is -2.20. The Morgan fingerprint density at radius 1 is 1.03 bits per heavy atom. The molecule has 6 nitrogen and oxygen atoms in total.